The van der Waals surface area contributed by atoms with Crippen molar-refractivity contribution in [1.82, 2.24) is 0 Å². The zero-order chi connectivity index (χ0) is 14.1. The van der Waals surface area contributed by atoms with Gasteiger partial charge >= 0.3 is 0 Å². The molecule has 1 saturated carbocycles. The molecule has 1 nitrogen and oxygen atoms in total. The molecule has 1 unspecified atom stereocenters. The molecule has 0 radical (unpaired) electrons. The van der Waals surface area contributed by atoms with Crippen molar-refractivity contribution in [2.24, 2.45) is 5.92 Å². The van der Waals surface area contributed by atoms with Crippen LogP contribution < -0.4 is 5.32 Å². The number of benzene rings is 2. The summed E-state index contributed by atoms with van der Waals surface area (Å²) in [4.78, 5) is 0. The second kappa shape index (κ2) is 5.72. The quantitative estimate of drug-likeness (QED) is 0.709. The second-order valence-corrected chi connectivity index (χ2v) is 6.72. The van der Waals surface area contributed by atoms with Gasteiger partial charge in [-0.15, -0.1) is 0 Å². The van der Waals surface area contributed by atoms with E-state index in [1.165, 1.54) is 33.2 Å². The molecule has 0 heterocycles. The molecule has 1 atom stereocenters. The van der Waals surface area contributed by atoms with Crippen LogP contribution in [0.4, 0.5) is 10.1 Å². The minimum atomic E-state index is -0.172. The third kappa shape index (κ3) is 3.14. The average Bonchev–Trinajstić information content (AvgIpc) is 3.24. The Balaban J connectivity index is 1.86. The number of hydrogen-bond acceptors (Lipinski definition) is 1. The summed E-state index contributed by atoms with van der Waals surface area (Å²) in [6.07, 6.45) is 2.50. The van der Waals surface area contributed by atoms with Gasteiger partial charge < -0.3 is 5.32 Å². The van der Waals surface area contributed by atoms with Crippen molar-refractivity contribution >= 4 is 28.3 Å². The summed E-state index contributed by atoms with van der Waals surface area (Å²) in [6.45, 7) is 2.12. The predicted octanol–water partition coefficient (Wildman–Crippen LogP) is 5.30. The molecular weight excluding hydrogens is 364 g/mol. The lowest BCUT2D eigenvalue weighted by atomic mass is 10.0. The SMILES string of the molecule is Cc1cc(I)ccc1NC(c1ccc(F)cc1)C1CC1. The molecule has 2 aromatic carbocycles. The Morgan fingerprint density at radius 1 is 1.15 bits per heavy atom. The fraction of sp³-hybridized carbons (Fsp3) is 0.294. The van der Waals surface area contributed by atoms with Crippen molar-refractivity contribution in [3.05, 3.63) is 63.0 Å². The highest BCUT2D eigenvalue weighted by molar-refractivity contribution is 14.1. The summed E-state index contributed by atoms with van der Waals surface area (Å²) in [6, 6.07) is 13.6. The van der Waals surface area contributed by atoms with E-state index in [9.17, 15) is 4.39 Å². The summed E-state index contributed by atoms with van der Waals surface area (Å²) in [7, 11) is 0. The van der Waals surface area contributed by atoms with Crippen LogP contribution in [0.3, 0.4) is 0 Å². The molecule has 0 spiro atoms. The van der Waals surface area contributed by atoms with Crippen LogP contribution in [0, 0.1) is 22.2 Å². The van der Waals surface area contributed by atoms with Crippen molar-refractivity contribution in [2.45, 2.75) is 25.8 Å². The molecule has 3 rings (SSSR count). The Bertz CT molecular complexity index is 605. The monoisotopic (exact) mass is 381 g/mol. The number of hydrogen-bond donors (Lipinski definition) is 1. The van der Waals surface area contributed by atoms with E-state index >= 15 is 0 Å². The minimum Gasteiger partial charge on any atom is -0.378 e. The van der Waals surface area contributed by atoms with Gasteiger partial charge in [-0.2, -0.15) is 0 Å². The van der Waals surface area contributed by atoms with Gasteiger partial charge in [-0.1, -0.05) is 12.1 Å². The molecule has 1 aliphatic carbocycles. The van der Waals surface area contributed by atoms with E-state index < -0.39 is 0 Å². The lowest BCUT2D eigenvalue weighted by Crippen LogP contribution is -2.13. The zero-order valence-electron chi connectivity index (χ0n) is 11.4. The van der Waals surface area contributed by atoms with Gasteiger partial charge in [0.25, 0.3) is 0 Å². The normalized spacial score (nSPS) is 15.9. The number of aryl methyl sites for hydroxylation is 1. The molecule has 0 amide bonds. The van der Waals surface area contributed by atoms with Gasteiger partial charge in [0.2, 0.25) is 0 Å². The number of halogens is 2. The van der Waals surface area contributed by atoms with Crippen LogP contribution in [0.5, 0.6) is 0 Å². The first kappa shape index (κ1) is 13.9. The van der Waals surface area contributed by atoms with Crippen LogP contribution in [-0.2, 0) is 0 Å². The molecular formula is C17H17FIN. The molecule has 2 aromatic rings. The molecule has 0 aromatic heterocycles. The molecule has 0 aliphatic heterocycles. The van der Waals surface area contributed by atoms with Crippen LogP contribution in [0.2, 0.25) is 0 Å². The number of rotatable bonds is 4. The fourth-order valence-electron chi connectivity index (χ4n) is 2.53. The largest absolute Gasteiger partial charge is 0.378 e. The van der Waals surface area contributed by atoms with Crippen LogP contribution in [0.25, 0.3) is 0 Å². The number of anilines is 1. The molecule has 3 heteroatoms. The average molecular weight is 381 g/mol. The molecule has 0 bridgehead atoms. The number of nitrogens with one attached hydrogen (secondary N) is 1. The third-order valence-electron chi connectivity index (χ3n) is 3.82. The van der Waals surface area contributed by atoms with Crippen LogP contribution in [0.1, 0.15) is 30.0 Å². The van der Waals surface area contributed by atoms with Gasteiger partial charge in [0.05, 0.1) is 6.04 Å². The maximum absolute atomic E-state index is 13.1. The van der Waals surface area contributed by atoms with Crippen molar-refractivity contribution in [2.75, 3.05) is 5.32 Å². The minimum absolute atomic E-state index is 0.172. The van der Waals surface area contributed by atoms with Gasteiger partial charge in [-0.3, -0.25) is 0 Å². The van der Waals surface area contributed by atoms with Gasteiger partial charge in [-0.25, -0.2) is 4.39 Å². The lowest BCUT2D eigenvalue weighted by Gasteiger charge is -2.21. The summed E-state index contributed by atoms with van der Waals surface area (Å²) in [5.74, 6) is 0.493. The summed E-state index contributed by atoms with van der Waals surface area (Å²) >= 11 is 2.33. The lowest BCUT2D eigenvalue weighted by molar-refractivity contribution is 0.622. The smallest absolute Gasteiger partial charge is 0.123 e. The topological polar surface area (TPSA) is 12.0 Å². The molecule has 1 fully saturated rings. The van der Waals surface area contributed by atoms with Crippen molar-refractivity contribution in [3.63, 3.8) is 0 Å². The summed E-state index contributed by atoms with van der Waals surface area (Å²) < 4.78 is 14.3. The highest BCUT2D eigenvalue weighted by Crippen LogP contribution is 2.43. The Morgan fingerprint density at radius 3 is 2.45 bits per heavy atom. The maximum atomic E-state index is 13.1. The predicted molar refractivity (Wildman–Crippen MR) is 89.4 cm³/mol. The van der Waals surface area contributed by atoms with Crippen LogP contribution in [0.15, 0.2) is 42.5 Å². The first-order chi connectivity index (χ1) is 9.63. The van der Waals surface area contributed by atoms with Gasteiger partial charge in [0.15, 0.2) is 0 Å². The molecule has 0 saturated heterocycles. The molecule has 104 valence electrons. The van der Waals surface area contributed by atoms with Crippen molar-refractivity contribution in [3.8, 4) is 0 Å². The van der Waals surface area contributed by atoms with Crippen LogP contribution in [-0.4, -0.2) is 0 Å². The second-order valence-electron chi connectivity index (χ2n) is 5.47. The summed E-state index contributed by atoms with van der Waals surface area (Å²) in [5, 5.41) is 3.65. The van der Waals surface area contributed by atoms with Crippen molar-refractivity contribution in [1.29, 1.82) is 0 Å². The first-order valence-electron chi connectivity index (χ1n) is 6.91. The van der Waals surface area contributed by atoms with E-state index in [1.807, 2.05) is 12.1 Å². The Morgan fingerprint density at radius 2 is 1.85 bits per heavy atom. The van der Waals surface area contributed by atoms with E-state index in [0.29, 0.717) is 5.92 Å². The highest BCUT2D eigenvalue weighted by Gasteiger charge is 2.32. The summed E-state index contributed by atoms with van der Waals surface area (Å²) in [5.41, 5.74) is 3.60. The third-order valence-corrected chi connectivity index (χ3v) is 4.49. The Hall–Kier alpha value is -1.10. The molecule has 20 heavy (non-hydrogen) atoms. The van der Waals surface area contributed by atoms with Gasteiger partial charge in [0, 0.05) is 9.26 Å². The maximum Gasteiger partial charge on any atom is 0.123 e. The zero-order valence-corrected chi connectivity index (χ0v) is 13.5. The molecule has 1 N–H and O–H groups in total. The van der Waals surface area contributed by atoms with Gasteiger partial charge in [-0.05, 0) is 89.7 Å². The Kier molecular flexibility index (Phi) is 3.96. The van der Waals surface area contributed by atoms with E-state index in [2.05, 4.69) is 53.0 Å². The standard InChI is InChI=1S/C17H17FIN/c1-11-10-15(19)8-9-16(11)20-17(12-2-3-12)13-4-6-14(18)7-5-13/h4-10,12,17,20H,2-3H2,1H3. The highest BCUT2D eigenvalue weighted by atomic mass is 127. The first-order valence-corrected chi connectivity index (χ1v) is 7.99. The molecule has 1 aliphatic rings. The van der Waals surface area contributed by atoms with E-state index in [4.69, 9.17) is 0 Å². The van der Waals surface area contributed by atoms with Crippen molar-refractivity contribution < 1.29 is 4.39 Å². The Labute approximate surface area is 132 Å². The van der Waals surface area contributed by atoms with Gasteiger partial charge in [0.1, 0.15) is 5.82 Å². The van der Waals surface area contributed by atoms with Crippen LogP contribution >= 0.6 is 22.6 Å². The van der Waals surface area contributed by atoms with E-state index in [-0.39, 0.29) is 11.9 Å². The fourth-order valence-corrected chi connectivity index (χ4v) is 3.18. The van der Waals surface area contributed by atoms with E-state index in [1.54, 1.807) is 12.1 Å². The van der Waals surface area contributed by atoms with E-state index in [0.717, 1.165) is 0 Å².